The van der Waals surface area contributed by atoms with Crippen molar-refractivity contribution in [3.8, 4) is 5.75 Å². The zero-order valence-corrected chi connectivity index (χ0v) is 17.1. The molecule has 2 aromatic carbocycles. The number of hydrogen-bond donors (Lipinski definition) is 2. The van der Waals surface area contributed by atoms with Crippen LogP contribution in [0.4, 0.5) is 23.7 Å². The van der Waals surface area contributed by atoms with E-state index in [1.54, 1.807) is 6.92 Å². The number of nitrogens with one attached hydrogen (secondary N) is 2. The first-order valence-electron chi connectivity index (χ1n) is 9.97. The normalized spacial score (nSPS) is 20.2. The van der Waals surface area contributed by atoms with E-state index in [1.165, 1.54) is 17.7 Å². The van der Waals surface area contributed by atoms with Gasteiger partial charge >= 0.3 is 12.4 Å². The maximum Gasteiger partial charge on any atom is 0.573 e. The summed E-state index contributed by atoms with van der Waals surface area (Å²) in [6.07, 6.45) is -1.87. The fraction of sp³-hybridized carbons (Fsp3) is 0.318. The van der Waals surface area contributed by atoms with E-state index in [9.17, 15) is 27.6 Å². The fourth-order valence-electron chi connectivity index (χ4n) is 4.00. The number of carbonyl (C=O) groups is 3. The van der Waals surface area contributed by atoms with E-state index in [1.807, 2.05) is 18.2 Å². The molecule has 0 aromatic heterocycles. The minimum absolute atomic E-state index is 0.193. The van der Waals surface area contributed by atoms with Crippen LogP contribution in [0.15, 0.2) is 42.5 Å². The highest BCUT2D eigenvalue weighted by Crippen LogP contribution is 2.32. The molecule has 0 saturated carbocycles. The molecule has 4 rings (SSSR count). The predicted molar refractivity (Wildman–Crippen MR) is 108 cm³/mol. The summed E-state index contributed by atoms with van der Waals surface area (Å²) in [4.78, 5) is 38.7. The van der Waals surface area contributed by atoms with Gasteiger partial charge in [0.1, 0.15) is 17.8 Å². The van der Waals surface area contributed by atoms with E-state index in [4.69, 9.17) is 0 Å². The Morgan fingerprint density at radius 1 is 1.12 bits per heavy atom. The Morgan fingerprint density at radius 3 is 2.50 bits per heavy atom. The predicted octanol–water partition coefficient (Wildman–Crippen LogP) is 3.48. The number of imide groups is 1. The lowest BCUT2D eigenvalue weighted by Gasteiger charge is -2.23. The summed E-state index contributed by atoms with van der Waals surface area (Å²) in [7, 11) is 0. The van der Waals surface area contributed by atoms with E-state index < -0.39 is 42.0 Å². The smallest absolute Gasteiger partial charge is 0.406 e. The number of carbonyl (C=O) groups excluding carboxylic acids is 3. The Bertz CT molecular complexity index is 1080. The topological polar surface area (TPSA) is 87.7 Å². The van der Waals surface area contributed by atoms with Crippen molar-refractivity contribution in [3.63, 3.8) is 0 Å². The number of aryl methyl sites for hydroxylation is 2. The molecule has 0 unspecified atom stereocenters. The van der Waals surface area contributed by atoms with Crippen LogP contribution in [0.2, 0.25) is 0 Å². The van der Waals surface area contributed by atoms with Gasteiger partial charge in [-0.05, 0) is 67.1 Å². The highest BCUT2D eigenvalue weighted by molar-refractivity contribution is 6.10. The summed E-state index contributed by atoms with van der Waals surface area (Å²) < 4.78 is 40.5. The first-order chi connectivity index (χ1) is 15.0. The van der Waals surface area contributed by atoms with Gasteiger partial charge in [0.2, 0.25) is 5.91 Å². The van der Waals surface area contributed by atoms with Gasteiger partial charge in [-0.25, -0.2) is 4.79 Å². The van der Waals surface area contributed by atoms with Crippen molar-refractivity contribution >= 4 is 23.5 Å². The van der Waals surface area contributed by atoms with Crippen LogP contribution < -0.4 is 15.4 Å². The SMILES string of the molecule is C[C@]1(c2ccc3c(c2)CCC3)NC(=O)N(CC(=O)Nc2ccc(OC(F)(F)F)cc2)C1=O. The lowest BCUT2D eigenvalue weighted by molar-refractivity contribution is -0.274. The number of benzene rings is 2. The lowest BCUT2D eigenvalue weighted by atomic mass is 9.89. The summed E-state index contributed by atoms with van der Waals surface area (Å²) >= 11 is 0. The van der Waals surface area contributed by atoms with Crippen molar-refractivity contribution in [2.24, 2.45) is 0 Å². The van der Waals surface area contributed by atoms with E-state index in [0.717, 1.165) is 41.9 Å². The highest BCUT2D eigenvalue weighted by atomic mass is 19.4. The largest absolute Gasteiger partial charge is 0.573 e. The molecular weight excluding hydrogens is 427 g/mol. The van der Waals surface area contributed by atoms with Gasteiger partial charge in [0.05, 0.1) is 0 Å². The Labute approximate surface area is 181 Å². The molecule has 1 aliphatic carbocycles. The molecule has 0 radical (unpaired) electrons. The number of hydrogen-bond acceptors (Lipinski definition) is 4. The monoisotopic (exact) mass is 447 g/mol. The van der Waals surface area contributed by atoms with Crippen LogP contribution in [0.25, 0.3) is 0 Å². The van der Waals surface area contributed by atoms with Crippen molar-refractivity contribution in [3.05, 3.63) is 59.2 Å². The quantitative estimate of drug-likeness (QED) is 0.687. The average Bonchev–Trinajstić information content (AvgIpc) is 3.27. The van der Waals surface area contributed by atoms with Gasteiger partial charge in [-0.15, -0.1) is 13.2 Å². The second-order valence-corrected chi connectivity index (χ2v) is 7.90. The number of urea groups is 1. The molecule has 32 heavy (non-hydrogen) atoms. The summed E-state index contributed by atoms with van der Waals surface area (Å²) in [5.74, 6) is -1.66. The molecule has 2 aromatic rings. The zero-order valence-electron chi connectivity index (χ0n) is 17.1. The number of fused-ring (bicyclic) bond motifs is 1. The third-order valence-electron chi connectivity index (χ3n) is 5.62. The Balaban J connectivity index is 1.42. The molecule has 1 atom stereocenters. The van der Waals surface area contributed by atoms with Gasteiger partial charge in [-0.2, -0.15) is 0 Å². The van der Waals surface area contributed by atoms with Crippen LogP contribution in [0.1, 0.15) is 30.0 Å². The maximum absolute atomic E-state index is 13.0. The molecule has 4 amide bonds. The number of alkyl halides is 3. The molecule has 1 aliphatic heterocycles. The minimum atomic E-state index is -4.82. The molecule has 2 aliphatic rings. The maximum atomic E-state index is 13.0. The van der Waals surface area contributed by atoms with Crippen LogP contribution in [0.5, 0.6) is 5.75 Å². The van der Waals surface area contributed by atoms with Crippen LogP contribution in [-0.4, -0.2) is 35.7 Å². The van der Waals surface area contributed by atoms with Gasteiger partial charge in [0.15, 0.2) is 0 Å². The molecule has 0 spiro atoms. The van der Waals surface area contributed by atoms with Gasteiger partial charge in [-0.3, -0.25) is 14.5 Å². The second-order valence-electron chi connectivity index (χ2n) is 7.90. The van der Waals surface area contributed by atoms with Crippen molar-refractivity contribution < 1.29 is 32.3 Å². The van der Waals surface area contributed by atoms with Gasteiger partial charge < -0.3 is 15.4 Å². The minimum Gasteiger partial charge on any atom is -0.406 e. The highest BCUT2D eigenvalue weighted by Gasteiger charge is 2.49. The lowest BCUT2D eigenvalue weighted by Crippen LogP contribution is -2.42. The van der Waals surface area contributed by atoms with E-state index in [2.05, 4.69) is 15.4 Å². The van der Waals surface area contributed by atoms with Crippen LogP contribution in [0.3, 0.4) is 0 Å². The number of ether oxygens (including phenoxy) is 1. The summed E-state index contributed by atoms with van der Waals surface area (Å²) in [6.45, 7) is 1.06. The van der Waals surface area contributed by atoms with E-state index >= 15 is 0 Å². The fourth-order valence-corrected chi connectivity index (χ4v) is 4.00. The molecule has 1 heterocycles. The van der Waals surface area contributed by atoms with Gasteiger partial charge in [-0.1, -0.05) is 18.2 Å². The first kappa shape index (κ1) is 21.7. The Hall–Kier alpha value is -3.56. The zero-order chi connectivity index (χ0) is 23.1. The number of rotatable bonds is 5. The molecule has 2 N–H and O–H groups in total. The van der Waals surface area contributed by atoms with E-state index in [-0.39, 0.29) is 5.69 Å². The summed E-state index contributed by atoms with van der Waals surface area (Å²) in [6, 6.07) is 9.54. The van der Waals surface area contributed by atoms with Crippen molar-refractivity contribution in [1.82, 2.24) is 10.2 Å². The van der Waals surface area contributed by atoms with Crippen molar-refractivity contribution in [2.45, 2.75) is 38.1 Å². The van der Waals surface area contributed by atoms with Crippen molar-refractivity contribution in [1.29, 1.82) is 0 Å². The van der Waals surface area contributed by atoms with Crippen LogP contribution in [-0.2, 0) is 28.0 Å². The average molecular weight is 447 g/mol. The second kappa shape index (κ2) is 7.85. The molecule has 10 heteroatoms. The van der Waals surface area contributed by atoms with Crippen molar-refractivity contribution in [2.75, 3.05) is 11.9 Å². The standard InChI is InChI=1S/C22H20F3N3O4/c1-21(15-6-5-13-3-2-4-14(13)11-15)19(30)28(20(31)27-21)12-18(29)26-16-7-9-17(10-8-16)32-22(23,24)25/h5-11H,2-4,12H2,1H3,(H,26,29)(H,27,31)/t21-/m1/s1. The summed E-state index contributed by atoms with van der Waals surface area (Å²) in [5.41, 5.74) is 1.94. The molecule has 1 saturated heterocycles. The summed E-state index contributed by atoms with van der Waals surface area (Å²) in [5, 5.41) is 5.12. The Kier molecular flexibility index (Phi) is 5.31. The third kappa shape index (κ3) is 4.25. The van der Waals surface area contributed by atoms with Crippen LogP contribution >= 0.6 is 0 Å². The Morgan fingerprint density at radius 2 is 1.81 bits per heavy atom. The number of nitrogens with zero attached hydrogens (tertiary/aromatic N) is 1. The number of halogens is 3. The van der Waals surface area contributed by atoms with E-state index in [0.29, 0.717) is 5.56 Å². The molecular formula is C22H20F3N3O4. The first-order valence-corrected chi connectivity index (χ1v) is 9.97. The number of anilines is 1. The van der Waals surface area contributed by atoms with Gasteiger partial charge in [0, 0.05) is 5.69 Å². The third-order valence-corrected chi connectivity index (χ3v) is 5.62. The molecule has 168 valence electrons. The van der Waals surface area contributed by atoms with Crippen LogP contribution in [0, 0.1) is 0 Å². The molecule has 7 nitrogen and oxygen atoms in total. The molecule has 0 bridgehead atoms. The molecule has 1 fully saturated rings. The number of amides is 4. The van der Waals surface area contributed by atoms with Gasteiger partial charge in [0.25, 0.3) is 5.91 Å².